The van der Waals surface area contributed by atoms with Crippen molar-refractivity contribution >= 4 is 16.7 Å². The molecule has 26 heavy (non-hydrogen) atoms. The van der Waals surface area contributed by atoms with Gasteiger partial charge < -0.3 is 4.74 Å². The molecule has 0 N–H and O–H groups in total. The lowest BCUT2D eigenvalue weighted by Crippen LogP contribution is -2.40. The highest BCUT2D eigenvalue weighted by Crippen LogP contribution is 2.21. The Labute approximate surface area is 151 Å². The maximum absolute atomic E-state index is 12.3. The molecule has 1 aliphatic heterocycles. The number of ketones is 1. The van der Waals surface area contributed by atoms with Gasteiger partial charge in [0, 0.05) is 42.6 Å². The van der Waals surface area contributed by atoms with E-state index in [1.807, 2.05) is 18.2 Å². The van der Waals surface area contributed by atoms with Crippen LogP contribution < -0.4 is 0 Å². The molecule has 0 radical (unpaired) electrons. The van der Waals surface area contributed by atoms with Crippen LogP contribution in [0.5, 0.6) is 0 Å². The van der Waals surface area contributed by atoms with Gasteiger partial charge in [-0.05, 0) is 6.07 Å². The van der Waals surface area contributed by atoms with E-state index in [2.05, 4.69) is 24.8 Å². The number of hydrogen-bond donors (Lipinski definition) is 0. The molecule has 0 aliphatic carbocycles. The van der Waals surface area contributed by atoms with Crippen molar-refractivity contribution < 1.29 is 9.53 Å². The van der Waals surface area contributed by atoms with Crippen molar-refractivity contribution in [1.29, 1.82) is 0 Å². The number of ether oxygens (including phenoxy) is 1. The molecule has 4 rings (SSSR count). The van der Waals surface area contributed by atoms with E-state index in [-0.39, 0.29) is 12.2 Å². The summed E-state index contributed by atoms with van der Waals surface area (Å²) in [7, 11) is 0. The van der Waals surface area contributed by atoms with Gasteiger partial charge >= 0.3 is 0 Å². The van der Waals surface area contributed by atoms with Crippen LogP contribution in [-0.2, 0) is 16.0 Å². The summed E-state index contributed by atoms with van der Waals surface area (Å²) in [5.74, 6) is 0.670. The monoisotopic (exact) mass is 349 g/mol. The molecule has 3 aromatic rings. The zero-order chi connectivity index (χ0) is 17.8. The molecule has 0 spiro atoms. The first-order valence-corrected chi connectivity index (χ1v) is 8.62. The van der Waals surface area contributed by atoms with Gasteiger partial charge in [0.05, 0.1) is 43.6 Å². The zero-order valence-electron chi connectivity index (χ0n) is 14.3. The SMILES string of the molecule is O=C(Cc1ncc2ccc(-c3cnccn3)cc2n1)CN1CCOCC1. The highest BCUT2D eigenvalue weighted by atomic mass is 16.5. The number of aromatic nitrogens is 4. The summed E-state index contributed by atoms with van der Waals surface area (Å²) in [6.45, 7) is 3.39. The van der Waals surface area contributed by atoms with E-state index in [9.17, 15) is 4.79 Å². The van der Waals surface area contributed by atoms with Crippen LogP contribution in [0, 0.1) is 0 Å². The fourth-order valence-corrected chi connectivity index (χ4v) is 3.00. The summed E-state index contributed by atoms with van der Waals surface area (Å²) < 4.78 is 5.31. The fraction of sp³-hybridized carbons (Fsp3) is 0.316. The maximum atomic E-state index is 12.3. The molecule has 7 nitrogen and oxygen atoms in total. The Bertz CT molecular complexity index is 910. The molecular formula is C19H19N5O2. The van der Waals surface area contributed by atoms with E-state index in [0.717, 1.165) is 35.2 Å². The van der Waals surface area contributed by atoms with E-state index >= 15 is 0 Å². The number of Topliss-reactive ketones (excluding diaryl/α,β-unsaturated/α-hetero) is 1. The van der Waals surface area contributed by atoms with E-state index < -0.39 is 0 Å². The second kappa shape index (κ2) is 7.63. The molecular weight excluding hydrogens is 330 g/mol. The van der Waals surface area contributed by atoms with Gasteiger partial charge in [-0.2, -0.15) is 0 Å². The molecule has 0 saturated carbocycles. The molecule has 0 bridgehead atoms. The van der Waals surface area contributed by atoms with Gasteiger partial charge in [0.1, 0.15) is 5.82 Å². The molecule has 7 heteroatoms. The Balaban J connectivity index is 1.51. The molecule has 1 aliphatic rings. The number of rotatable bonds is 5. The van der Waals surface area contributed by atoms with Crippen LogP contribution in [0.1, 0.15) is 5.82 Å². The highest BCUT2D eigenvalue weighted by Gasteiger charge is 2.15. The number of hydrogen-bond acceptors (Lipinski definition) is 7. The highest BCUT2D eigenvalue weighted by molar-refractivity contribution is 5.85. The van der Waals surface area contributed by atoms with Crippen LogP contribution in [0.2, 0.25) is 0 Å². The molecule has 2 aromatic heterocycles. The number of morpholine rings is 1. The van der Waals surface area contributed by atoms with E-state index in [4.69, 9.17) is 4.74 Å². The van der Waals surface area contributed by atoms with E-state index in [0.29, 0.717) is 25.6 Å². The van der Waals surface area contributed by atoms with Gasteiger partial charge in [0.2, 0.25) is 0 Å². The average Bonchev–Trinajstić information content (AvgIpc) is 2.69. The molecule has 1 aromatic carbocycles. The van der Waals surface area contributed by atoms with Gasteiger partial charge in [-0.25, -0.2) is 9.97 Å². The van der Waals surface area contributed by atoms with Crippen molar-refractivity contribution in [2.45, 2.75) is 6.42 Å². The first-order valence-electron chi connectivity index (χ1n) is 8.62. The fourth-order valence-electron chi connectivity index (χ4n) is 3.00. The summed E-state index contributed by atoms with van der Waals surface area (Å²) >= 11 is 0. The topological polar surface area (TPSA) is 81.1 Å². The van der Waals surface area contributed by atoms with Crippen LogP contribution in [0.4, 0.5) is 0 Å². The van der Waals surface area contributed by atoms with Crippen molar-refractivity contribution in [3.8, 4) is 11.3 Å². The Morgan fingerprint density at radius 1 is 1.12 bits per heavy atom. The zero-order valence-corrected chi connectivity index (χ0v) is 14.3. The largest absolute Gasteiger partial charge is 0.379 e. The second-order valence-electron chi connectivity index (χ2n) is 6.25. The lowest BCUT2D eigenvalue weighted by molar-refractivity contribution is -0.120. The van der Waals surface area contributed by atoms with Crippen LogP contribution in [-0.4, -0.2) is 63.5 Å². The summed E-state index contributed by atoms with van der Waals surface area (Å²) in [5.41, 5.74) is 2.53. The quantitative estimate of drug-likeness (QED) is 0.691. The molecule has 132 valence electrons. The lowest BCUT2D eigenvalue weighted by Gasteiger charge is -2.25. The number of benzene rings is 1. The van der Waals surface area contributed by atoms with E-state index in [1.54, 1.807) is 24.8 Å². The number of nitrogens with zero attached hydrogens (tertiary/aromatic N) is 5. The third kappa shape index (κ3) is 3.89. The van der Waals surface area contributed by atoms with Gasteiger partial charge in [-0.3, -0.25) is 19.7 Å². The average molecular weight is 349 g/mol. The third-order valence-electron chi connectivity index (χ3n) is 4.35. The second-order valence-corrected chi connectivity index (χ2v) is 6.25. The molecule has 3 heterocycles. The van der Waals surface area contributed by atoms with Crippen molar-refractivity contribution in [2.24, 2.45) is 0 Å². The predicted octanol–water partition coefficient (Wildman–Crippen LogP) is 1.53. The van der Waals surface area contributed by atoms with Crippen molar-refractivity contribution in [1.82, 2.24) is 24.8 Å². The number of fused-ring (bicyclic) bond motifs is 1. The summed E-state index contributed by atoms with van der Waals surface area (Å²) in [5, 5.41) is 0.932. The molecule has 1 saturated heterocycles. The summed E-state index contributed by atoms with van der Waals surface area (Å²) in [6.07, 6.45) is 7.03. The molecule has 0 unspecified atom stereocenters. The smallest absolute Gasteiger partial charge is 0.154 e. The minimum atomic E-state index is 0.122. The summed E-state index contributed by atoms with van der Waals surface area (Å²) in [4.78, 5) is 31.8. The predicted molar refractivity (Wildman–Crippen MR) is 96.5 cm³/mol. The van der Waals surface area contributed by atoms with Crippen molar-refractivity contribution in [2.75, 3.05) is 32.8 Å². The molecule has 0 atom stereocenters. The minimum absolute atomic E-state index is 0.122. The standard InChI is InChI=1S/C19H19N5O2/c25-16(13-24-5-7-26-8-6-24)10-19-22-11-15-2-1-14(9-17(15)23-19)18-12-20-3-4-21-18/h1-4,9,11-12H,5-8,10,13H2. The minimum Gasteiger partial charge on any atom is -0.379 e. The summed E-state index contributed by atoms with van der Waals surface area (Å²) in [6, 6.07) is 5.88. The van der Waals surface area contributed by atoms with Crippen LogP contribution >= 0.6 is 0 Å². The Morgan fingerprint density at radius 2 is 2.00 bits per heavy atom. The van der Waals surface area contributed by atoms with Gasteiger partial charge in [0.15, 0.2) is 5.78 Å². The van der Waals surface area contributed by atoms with Crippen LogP contribution in [0.25, 0.3) is 22.2 Å². The third-order valence-corrected chi connectivity index (χ3v) is 4.35. The van der Waals surface area contributed by atoms with Gasteiger partial charge in [-0.15, -0.1) is 0 Å². The Morgan fingerprint density at radius 3 is 2.81 bits per heavy atom. The molecule has 1 fully saturated rings. The molecule has 0 amide bonds. The Hall–Kier alpha value is -2.77. The maximum Gasteiger partial charge on any atom is 0.154 e. The normalized spacial score (nSPS) is 15.2. The van der Waals surface area contributed by atoms with Gasteiger partial charge in [0.25, 0.3) is 0 Å². The van der Waals surface area contributed by atoms with Gasteiger partial charge in [-0.1, -0.05) is 12.1 Å². The van der Waals surface area contributed by atoms with Crippen LogP contribution in [0.15, 0.2) is 43.0 Å². The number of carbonyl (C=O) groups excluding carboxylic acids is 1. The van der Waals surface area contributed by atoms with Crippen molar-refractivity contribution in [3.05, 3.63) is 48.8 Å². The first-order chi connectivity index (χ1) is 12.8. The Kier molecular flexibility index (Phi) is 4.90. The lowest BCUT2D eigenvalue weighted by atomic mass is 10.1. The van der Waals surface area contributed by atoms with Crippen molar-refractivity contribution in [3.63, 3.8) is 0 Å². The van der Waals surface area contributed by atoms with Crippen LogP contribution in [0.3, 0.4) is 0 Å². The number of carbonyl (C=O) groups is 1. The van der Waals surface area contributed by atoms with E-state index in [1.165, 1.54) is 0 Å². The first kappa shape index (κ1) is 16.7.